The van der Waals surface area contributed by atoms with Crippen LogP contribution in [0, 0.1) is 25.2 Å². The lowest BCUT2D eigenvalue weighted by Crippen LogP contribution is -2.14. The fraction of sp³-hybridized carbons (Fsp3) is 0.400. The number of pyridine rings is 1. The van der Waals surface area contributed by atoms with Crippen LogP contribution in [0.15, 0.2) is 4.47 Å². The van der Waals surface area contributed by atoms with Gasteiger partial charge in [0.2, 0.25) is 0 Å². The quantitative estimate of drug-likeness (QED) is 0.772. The highest BCUT2D eigenvalue weighted by Crippen LogP contribution is 2.27. The van der Waals surface area contributed by atoms with E-state index in [2.05, 4.69) is 27.0 Å². The van der Waals surface area contributed by atoms with Gasteiger partial charge in [-0.05, 0) is 35.3 Å². The van der Waals surface area contributed by atoms with Crippen LogP contribution in [0.4, 0.5) is 5.82 Å². The van der Waals surface area contributed by atoms with E-state index in [9.17, 15) is 0 Å². The molecule has 1 heterocycles. The number of hydrogen-bond donors (Lipinski definition) is 0. The summed E-state index contributed by atoms with van der Waals surface area (Å²) in [5, 5.41) is 9.03. The average molecular weight is 254 g/mol. The summed E-state index contributed by atoms with van der Waals surface area (Å²) in [6.07, 6.45) is 0. The van der Waals surface area contributed by atoms with Gasteiger partial charge in [-0.3, -0.25) is 0 Å². The minimum atomic E-state index is 0.632. The average Bonchev–Trinajstić information content (AvgIpc) is 2.13. The first kappa shape index (κ1) is 11.0. The standard InChI is InChI=1S/C10H12BrN3/c1-6-8(5-12)10(14(3)4)13-7(2)9(6)11/h1-4H3. The molecule has 0 unspecified atom stereocenters. The Morgan fingerprint density at radius 3 is 2.36 bits per heavy atom. The lowest BCUT2D eigenvalue weighted by molar-refractivity contribution is 1.02. The SMILES string of the molecule is Cc1nc(N(C)C)c(C#N)c(C)c1Br. The minimum absolute atomic E-state index is 0.632. The summed E-state index contributed by atoms with van der Waals surface area (Å²) >= 11 is 3.42. The molecule has 0 aliphatic carbocycles. The maximum atomic E-state index is 9.03. The molecule has 0 bridgehead atoms. The Labute approximate surface area is 92.5 Å². The van der Waals surface area contributed by atoms with Gasteiger partial charge >= 0.3 is 0 Å². The Morgan fingerprint density at radius 2 is 1.93 bits per heavy atom. The zero-order valence-electron chi connectivity index (χ0n) is 8.72. The number of anilines is 1. The summed E-state index contributed by atoms with van der Waals surface area (Å²) in [6.45, 7) is 3.84. The van der Waals surface area contributed by atoms with Crippen molar-refractivity contribution in [1.29, 1.82) is 5.26 Å². The molecule has 0 saturated heterocycles. The molecule has 0 aliphatic heterocycles. The number of rotatable bonds is 1. The molecule has 0 aliphatic rings. The Morgan fingerprint density at radius 1 is 1.36 bits per heavy atom. The Kier molecular flexibility index (Phi) is 3.12. The fourth-order valence-electron chi connectivity index (χ4n) is 1.27. The van der Waals surface area contributed by atoms with Crippen molar-refractivity contribution in [3.63, 3.8) is 0 Å². The van der Waals surface area contributed by atoms with Crippen LogP contribution < -0.4 is 4.90 Å². The van der Waals surface area contributed by atoms with Crippen LogP contribution in [-0.2, 0) is 0 Å². The molecule has 1 aromatic rings. The van der Waals surface area contributed by atoms with Crippen molar-refractivity contribution in [3.8, 4) is 6.07 Å². The summed E-state index contributed by atoms with van der Waals surface area (Å²) in [4.78, 5) is 6.21. The van der Waals surface area contributed by atoms with Crippen molar-refractivity contribution in [2.75, 3.05) is 19.0 Å². The van der Waals surface area contributed by atoms with Gasteiger partial charge < -0.3 is 4.90 Å². The number of aryl methyl sites for hydroxylation is 1. The van der Waals surface area contributed by atoms with Crippen molar-refractivity contribution in [2.24, 2.45) is 0 Å². The Balaban J connectivity index is 3.54. The summed E-state index contributed by atoms with van der Waals surface area (Å²) in [6, 6.07) is 2.18. The molecule has 3 nitrogen and oxygen atoms in total. The molecule has 1 rings (SSSR count). The summed E-state index contributed by atoms with van der Waals surface area (Å²) < 4.78 is 0.916. The molecule has 0 saturated carbocycles. The van der Waals surface area contributed by atoms with Crippen LogP contribution in [0.1, 0.15) is 16.8 Å². The van der Waals surface area contributed by atoms with E-state index in [1.807, 2.05) is 32.8 Å². The molecular formula is C10H12BrN3. The van der Waals surface area contributed by atoms with Gasteiger partial charge in [0.1, 0.15) is 11.9 Å². The van der Waals surface area contributed by atoms with Crippen molar-refractivity contribution >= 4 is 21.7 Å². The Bertz CT molecular complexity index is 405. The van der Waals surface area contributed by atoms with Crippen molar-refractivity contribution in [3.05, 3.63) is 21.3 Å². The van der Waals surface area contributed by atoms with Crippen LogP contribution in [-0.4, -0.2) is 19.1 Å². The first-order valence-corrected chi connectivity index (χ1v) is 5.02. The second kappa shape index (κ2) is 3.97. The van der Waals surface area contributed by atoms with Crippen molar-refractivity contribution in [2.45, 2.75) is 13.8 Å². The second-order valence-electron chi connectivity index (χ2n) is 3.34. The predicted molar refractivity (Wildman–Crippen MR) is 60.5 cm³/mol. The molecule has 0 radical (unpaired) electrons. The summed E-state index contributed by atoms with van der Waals surface area (Å²) in [5.74, 6) is 0.728. The summed E-state index contributed by atoms with van der Waals surface area (Å²) in [7, 11) is 3.77. The van der Waals surface area contributed by atoms with Gasteiger partial charge in [-0.15, -0.1) is 0 Å². The molecule has 0 spiro atoms. The van der Waals surface area contributed by atoms with E-state index < -0.39 is 0 Å². The number of halogens is 1. The van der Waals surface area contributed by atoms with Crippen LogP contribution in [0.25, 0.3) is 0 Å². The zero-order chi connectivity index (χ0) is 10.9. The van der Waals surface area contributed by atoms with E-state index >= 15 is 0 Å². The molecule has 74 valence electrons. The maximum absolute atomic E-state index is 9.03. The third kappa shape index (κ3) is 1.73. The lowest BCUT2D eigenvalue weighted by atomic mass is 10.1. The van der Waals surface area contributed by atoms with E-state index in [0.29, 0.717) is 5.56 Å². The van der Waals surface area contributed by atoms with Crippen LogP contribution in [0.3, 0.4) is 0 Å². The van der Waals surface area contributed by atoms with Gasteiger partial charge in [-0.25, -0.2) is 4.98 Å². The normalized spacial score (nSPS) is 9.71. The zero-order valence-corrected chi connectivity index (χ0v) is 10.3. The van der Waals surface area contributed by atoms with Crippen LogP contribution in [0.5, 0.6) is 0 Å². The van der Waals surface area contributed by atoms with Gasteiger partial charge in [0.15, 0.2) is 0 Å². The fourth-order valence-corrected chi connectivity index (χ4v) is 1.56. The van der Waals surface area contributed by atoms with E-state index in [0.717, 1.165) is 21.5 Å². The maximum Gasteiger partial charge on any atom is 0.146 e. The predicted octanol–water partition coefficient (Wildman–Crippen LogP) is 2.40. The van der Waals surface area contributed by atoms with Gasteiger partial charge in [0.25, 0.3) is 0 Å². The molecule has 0 N–H and O–H groups in total. The minimum Gasteiger partial charge on any atom is -0.362 e. The van der Waals surface area contributed by atoms with Crippen LogP contribution >= 0.6 is 15.9 Å². The van der Waals surface area contributed by atoms with E-state index in [4.69, 9.17) is 5.26 Å². The topological polar surface area (TPSA) is 39.9 Å². The van der Waals surface area contributed by atoms with E-state index in [1.165, 1.54) is 0 Å². The molecule has 0 fully saturated rings. The smallest absolute Gasteiger partial charge is 0.146 e. The van der Waals surface area contributed by atoms with E-state index in [1.54, 1.807) is 0 Å². The third-order valence-electron chi connectivity index (χ3n) is 2.05. The van der Waals surface area contributed by atoms with Crippen molar-refractivity contribution in [1.82, 2.24) is 4.98 Å². The lowest BCUT2D eigenvalue weighted by Gasteiger charge is -2.16. The molecule has 0 amide bonds. The van der Waals surface area contributed by atoms with Gasteiger partial charge in [0.05, 0.1) is 11.3 Å². The number of nitrogens with zero attached hydrogens (tertiary/aromatic N) is 3. The molecule has 0 aromatic carbocycles. The highest BCUT2D eigenvalue weighted by Gasteiger charge is 2.13. The molecule has 4 heteroatoms. The van der Waals surface area contributed by atoms with Gasteiger partial charge in [0, 0.05) is 18.6 Å². The van der Waals surface area contributed by atoms with E-state index in [-0.39, 0.29) is 0 Å². The monoisotopic (exact) mass is 253 g/mol. The summed E-state index contributed by atoms with van der Waals surface area (Å²) in [5.41, 5.74) is 2.49. The second-order valence-corrected chi connectivity index (χ2v) is 4.13. The number of hydrogen-bond acceptors (Lipinski definition) is 3. The molecule has 0 atom stereocenters. The van der Waals surface area contributed by atoms with Gasteiger partial charge in [-0.1, -0.05) is 0 Å². The van der Waals surface area contributed by atoms with Crippen molar-refractivity contribution < 1.29 is 0 Å². The number of nitriles is 1. The molecular weight excluding hydrogens is 242 g/mol. The Hall–Kier alpha value is -1.08. The highest BCUT2D eigenvalue weighted by molar-refractivity contribution is 9.10. The molecule has 14 heavy (non-hydrogen) atoms. The van der Waals surface area contributed by atoms with Gasteiger partial charge in [-0.2, -0.15) is 5.26 Å². The largest absolute Gasteiger partial charge is 0.362 e. The molecule has 1 aromatic heterocycles. The highest BCUT2D eigenvalue weighted by atomic mass is 79.9. The number of aromatic nitrogens is 1. The van der Waals surface area contributed by atoms with Crippen LogP contribution in [0.2, 0.25) is 0 Å². The third-order valence-corrected chi connectivity index (χ3v) is 3.22. The first-order valence-electron chi connectivity index (χ1n) is 4.23. The first-order chi connectivity index (χ1) is 6.49.